The van der Waals surface area contributed by atoms with E-state index in [1.807, 2.05) is 43.1 Å². The van der Waals surface area contributed by atoms with E-state index in [4.69, 9.17) is 14.7 Å². The molecule has 1 N–H and O–H groups in total. The van der Waals surface area contributed by atoms with E-state index in [0.29, 0.717) is 18.7 Å². The fourth-order valence-electron chi connectivity index (χ4n) is 4.98. The first-order valence-electron chi connectivity index (χ1n) is 11.5. The van der Waals surface area contributed by atoms with Gasteiger partial charge in [0.15, 0.2) is 0 Å². The number of hydrogen-bond donors (Lipinski definition) is 1. The van der Waals surface area contributed by atoms with Crippen molar-refractivity contribution >= 4 is 22.6 Å². The van der Waals surface area contributed by atoms with Crippen LogP contribution in [-0.2, 0) is 13.0 Å². The van der Waals surface area contributed by atoms with Gasteiger partial charge in [-0.2, -0.15) is 0 Å². The smallest absolute Gasteiger partial charge is 0.256 e. The summed E-state index contributed by atoms with van der Waals surface area (Å²) in [7, 11) is 5.67. The molecular formula is C25H30N6O2. The highest BCUT2D eigenvalue weighted by Crippen LogP contribution is 2.32. The molecule has 2 aliphatic heterocycles. The molecule has 1 atom stereocenters. The number of carbonyl (C=O) groups is 1. The predicted molar refractivity (Wildman–Crippen MR) is 128 cm³/mol. The third kappa shape index (κ3) is 3.88. The Labute approximate surface area is 194 Å². The lowest BCUT2D eigenvalue weighted by molar-refractivity contribution is 0.0730. The third-order valence-electron chi connectivity index (χ3n) is 6.87. The van der Waals surface area contributed by atoms with Crippen molar-refractivity contribution in [2.24, 2.45) is 0 Å². The van der Waals surface area contributed by atoms with Gasteiger partial charge in [0, 0.05) is 24.5 Å². The van der Waals surface area contributed by atoms with Crippen LogP contribution in [-0.4, -0.2) is 65.0 Å². The van der Waals surface area contributed by atoms with Gasteiger partial charge in [-0.1, -0.05) is 0 Å². The lowest BCUT2D eigenvalue weighted by Gasteiger charge is -2.30. The number of nitrogens with one attached hydrogen (secondary N) is 1. The molecule has 1 aromatic carbocycles. The number of aromatic nitrogens is 3. The van der Waals surface area contributed by atoms with Crippen molar-refractivity contribution in [1.29, 1.82) is 0 Å². The van der Waals surface area contributed by atoms with E-state index in [0.717, 1.165) is 71.1 Å². The number of rotatable bonds is 4. The van der Waals surface area contributed by atoms with Gasteiger partial charge in [-0.05, 0) is 64.0 Å². The highest BCUT2D eigenvalue weighted by Gasteiger charge is 2.30. The van der Waals surface area contributed by atoms with Gasteiger partial charge >= 0.3 is 0 Å². The van der Waals surface area contributed by atoms with Crippen LogP contribution in [0.4, 0.5) is 5.82 Å². The second-order valence-electron chi connectivity index (χ2n) is 8.90. The minimum Gasteiger partial charge on any atom is -0.497 e. The maximum Gasteiger partial charge on any atom is 0.256 e. The molecule has 2 aliphatic rings. The number of methoxy groups -OCH3 is 1. The zero-order valence-corrected chi connectivity index (χ0v) is 19.7. The average molecular weight is 447 g/mol. The summed E-state index contributed by atoms with van der Waals surface area (Å²) in [5, 5.41) is 4.15. The molecule has 1 saturated heterocycles. The highest BCUT2D eigenvalue weighted by molar-refractivity contribution is 5.99. The Morgan fingerprint density at radius 3 is 2.76 bits per heavy atom. The number of hydrogen-bond acceptors (Lipinski definition) is 7. The SMILES string of the molecule is CNc1nc(C2CCCN2C)nc2c1CCN(C(=O)c1cc3cc(OC)ccc3nc1C)C2. The molecule has 0 spiro atoms. The van der Waals surface area contributed by atoms with Crippen molar-refractivity contribution in [3.8, 4) is 5.75 Å². The summed E-state index contributed by atoms with van der Waals surface area (Å²) < 4.78 is 5.34. The number of nitrogens with zero attached hydrogens (tertiary/aromatic N) is 5. The number of aryl methyl sites for hydroxylation is 1. The highest BCUT2D eigenvalue weighted by atomic mass is 16.5. The molecule has 1 unspecified atom stereocenters. The molecule has 1 fully saturated rings. The largest absolute Gasteiger partial charge is 0.497 e. The molecule has 0 radical (unpaired) electrons. The molecular weight excluding hydrogens is 416 g/mol. The summed E-state index contributed by atoms with van der Waals surface area (Å²) in [4.78, 5) is 32.2. The van der Waals surface area contributed by atoms with Gasteiger partial charge in [0.2, 0.25) is 0 Å². The van der Waals surface area contributed by atoms with Crippen molar-refractivity contribution in [3.05, 3.63) is 52.6 Å². The maximum absolute atomic E-state index is 13.6. The summed E-state index contributed by atoms with van der Waals surface area (Å²) >= 11 is 0. The maximum atomic E-state index is 13.6. The van der Waals surface area contributed by atoms with E-state index in [9.17, 15) is 4.79 Å². The monoisotopic (exact) mass is 446 g/mol. The molecule has 8 nitrogen and oxygen atoms in total. The fourth-order valence-corrected chi connectivity index (χ4v) is 4.98. The lowest BCUT2D eigenvalue weighted by atomic mass is 10.0. The molecule has 33 heavy (non-hydrogen) atoms. The van der Waals surface area contributed by atoms with Gasteiger partial charge in [0.25, 0.3) is 5.91 Å². The van der Waals surface area contributed by atoms with Crippen LogP contribution in [0.2, 0.25) is 0 Å². The van der Waals surface area contributed by atoms with E-state index >= 15 is 0 Å². The van der Waals surface area contributed by atoms with Crippen LogP contribution in [0.25, 0.3) is 10.9 Å². The second kappa shape index (κ2) is 8.59. The Kier molecular flexibility index (Phi) is 5.62. The van der Waals surface area contributed by atoms with Crippen LogP contribution >= 0.6 is 0 Å². The van der Waals surface area contributed by atoms with Crippen LogP contribution in [0.1, 0.15) is 52.0 Å². The van der Waals surface area contributed by atoms with Crippen LogP contribution in [0, 0.1) is 6.92 Å². The predicted octanol–water partition coefficient (Wildman–Crippen LogP) is 3.35. The number of fused-ring (bicyclic) bond motifs is 2. The normalized spacial score (nSPS) is 18.4. The third-order valence-corrected chi connectivity index (χ3v) is 6.87. The minimum atomic E-state index is -0.0143. The van der Waals surface area contributed by atoms with Gasteiger partial charge < -0.3 is 15.0 Å². The topological polar surface area (TPSA) is 83.5 Å². The molecule has 0 bridgehead atoms. The zero-order chi connectivity index (χ0) is 23.1. The number of pyridine rings is 1. The lowest BCUT2D eigenvalue weighted by Crippen LogP contribution is -2.38. The number of benzene rings is 1. The molecule has 172 valence electrons. The van der Waals surface area contributed by atoms with Crippen LogP contribution < -0.4 is 10.1 Å². The second-order valence-corrected chi connectivity index (χ2v) is 8.90. The Balaban J connectivity index is 1.47. The number of ether oxygens (including phenoxy) is 1. The van der Waals surface area contributed by atoms with Crippen LogP contribution in [0.15, 0.2) is 24.3 Å². The standard InChI is InChI=1S/C25H30N6O2/c1-15-19(13-16-12-17(33-4)7-8-20(16)27-15)25(32)31-11-9-18-21(14-31)28-24(29-23(18)26-2)22-6-5-10-30(22)3/h7-8,12-13,22H,5-6,9-11,14H2,1-4H3,(H,26,28,29). The van der Waals surface area contributed by atoms with Gasteiger partial charge in [0.1, 0.15) is 17.4 Å². The Morgan fingerprint density at radius 2 is 2.03 bits per heavy atom. The molecule has 1 amide bonds. The number of likely N-dealkylation sites (tertiary alicyclic amines) is 1. The molecule has 2 aromatic heterocycles. The minimum absolute atomic E-state index is 0.0143. The van der Waals surface area contributed by atoms with Gasteiger partial charge in [-0.25, -0.2) is 9.97 Å². The van der Waals surface area contributed by atoms with Crippen LogP contribution in [0.5, 0.6) is 5.75 Å². The van der Waals surface area contributed by atoms with Gasteiger partial charge in [-0.15, -0.1) is 0 Å². The first-order valence-corrected chi connectivity index (χ1v) is 11.5. The number of carbonyl (C=O) groups excluding carboxylic acids is 1. The van der Waals surface area contributed by atoms with E-state index in [1.165, 1.54) is 0 Å². The number of amides is 1. The molecule has 0 saturated carbocycles. The number of anilines is 1. The van der Waals surface area contributed by atoms with Crippen molar-refractivity contribution in [1.82, 2.24) is 24.8 Å². The summed E-state index contributed by atoms with van der Waals surface area (Å²) in [5.74, 6) is 2.47. The average Bonchev–Trinajstić information content (AvgIpc) is 3.27. The Hall–Kier alpha value is -3.26. The summed E-state index contributed by atoms with van der Waals surface area (Å²) in [6.07, 6.45) is 2.94. The fraction of sp³-hybridized carbons (Fsp3) is 0.440. The van der Waals surface area contributed by atoms with Crippen molar-refractivity contribution in [3.63, 3.8) is 0 Å². The first kappa shape index (κ1) is 21.6. The Bertz CT molecular complexity index is 1230. The summed E-state index contributed by atoms with van der Waals surface area (Å²) in [6.45, 7) is 4.06. The summed E-state index contributed by atoms with van der Waals surface area (Å²) in [5.41, 5.74) is 4.26. The van der Waals surface area contributed by atoms with Crippen molar-refractivity contribution < 1.29 is 9.53 Å². The van der Waals surface area contributed by atoms with E-state index in [2.05, 4.69) is 22.2 Å². The Morgan fingerprint density at radius 1 is 1.18 bits per heavy atom. The molecule has 3 aromatic rings. The summed E-state index contributed by atoms with van der Waals surface area (Å²) in [6, 6.07) is 7.88. The molecule has 0 aliphatic carbocycles. The van der Waals surface area contributed by atoms with E-state index in [1.54, 1.807) is 7.11 Å². The van der Waals surface area contributed by atoms with Crippen molar-refractivity contribution in [2.75, 3.05) is 39.6 Å². The molecule has 5 rings (SSSR count). The molecule has 4 heterocycles. The zero-order valence-electron chi connectivity index (χ0n) is 19.7. The van der Waals surface area contributed by atoms with Gasteiger partial charge in [0.05, 0.1) is 42.2 Å². The van der Waals surface area contributed by atoms with E-state index in [-0.39, 0.29) is 11.9 Å². The molecule has 8 heteroatoms. The van der Waals surface area contributed by atoms with E-state index < -0.39 is 0 Å². The van der Waals surface area contributed by atoms with Crippen LogP contribution in [0.3, 0.4) is 0 Å². The quantitative estimate of drug-likeness (QED) is 0.658. The van der Waals surface area contributed by atoms with Crippen molar-refractivity contribution in [2.45, 2.75) is 38.8 Å². The first-order chi connectivity index (χ1) is 16.0. The van der Waals surface area contributed by atoms with Gasteiger partial charge in [-0.3, -0.25) is 14.7 Å².